The Morgan fingerprint density at radius 2 is 1.88 bits per heavy atom. The van der Waals surface area contributed by atoms with E-state index in [1.54, 1.807) is 0 Å². The molecule has 0 radical (unpaired) electrons. The maximum Gasteiger partial charge on any atom is 0.134 e. The molecule has 92 valence electrons. The Labute approximate surface area is 103 Å². The molecule has 0 spiro atoms. The van der Waals surface area contributed by atoms with Gasteiger partial charge in [0.15, 0.2) is 0 Å². The monoisotopic (exact) mass is 231 g/mol. The Kier molecular flexibility index (Phi) is 3.85. The molecule has 17 heavy (non-hydrogen) atoms. The zero-order valence-electron chi connectivity index (χ0n) is 10.9. The second kappa shape index (κ2) is 5.37. The first-order chi connectivity index (χ1) is 8.26. The number of rotatable bonds is 5. The van der Waals surface area contributed by atoms with Gasteiger partial charge in [-0.05, 0) is 25.8 Å². The van der Waals surface area contributed by atoms with Crippen LogP contribution in [0.4, 0.5) is 0 Å². The van der Waals surface area contributed by atoms with Gasteiger partial charge in [-0.25, -0.2) is 0 Å². The molecule has 0 fully saturated rings. The lowest BCUT2D eigenvalue weighted by Gasteiger charge is -2.14. The highest BCUT2D eigenvalue weighted by Crippen LogP contribution is 2.25. The van der Waals surface area contributed by atoms with Gasteiger partial charge in [-0.2, -0.15) is 0 Å². The predicted molar refractivity (Wildman–Crippen MR) is 72.2 cm³/mol. The summed E-state index contributed by atoms with van der Waals surface area (Å²) in [7, 11) is 0. The molecule has 0 bridgehead atoms. The van der Waals surface area contributed by atoms with E-state index >= 15 is 0 Å². The van der Waals surface area contributed by atoms with Crippen molar-refractivity contribution in [3.8, 4) is 0 Å². The summed E-state index contributed by atoms with van der Waals surface area (Å²) in [4.78, 5) is 0. The van der Waals surface area contributed by atoms with Crippen LogP contribution in [0.25, 0.3) is 11.0 Å². The molecular weight excluding hydrogens is 210 g/mol. The number of aryl methyl sites for hydroxylation is 1. The Morgan fingerprint density at radius 3 is 2.59 bits per heavy atom. The van der Waals surface area contributed by atoms with E-state index in [1.165, 1.54) is 23.8 Å². The second-order valence-corrected chi connectivity index (χ2v) is 4.53. The fraction of sp³-hybridized carbons (Fsp3) is 0.467. The van der Waals surface area contributed by atoms with Crippen molar-refractivity contribution in [3.63, 3.8) is 0 Å². The quantitative estimate of drug-likeness (QED) is 0.840. The van der Waals surface area contributed by atoms with Crippen molar-refractivity contribution in [2.45, 2.75) is 46.2 Å². The van der Waals surface area contributed by atoms with Crippen molar-refractivity contribution in [3.05, 3.63) is 35.6 Å². The fourth-order valence-electron chi connectivity index (χ4n) is 2.26. The molecule has 2 rings (SSSR count). The molecule has 1 N–H and O–H groups in total. The van der Waals surface area contributed by atoms with Crippen LogP contribution in [0.1, 0.15) is 38.0 Å². The van der Waals surface area contributed by atoms with Gasteiger partial charge in [-0.15, -0.1) is 0 Å². The summed E-state index contributed by atoms with van der Waals surface area (Å²) in [5, 5.41) is 4.83. The molecule has 1 aromatic carbocycles. The van der Waals surface area contributed by atoms with E-state index in [1.807, 2.05) is 19.1 Å². The molecular formula is C15H21NO. The number of hydrogen-bond acceptors (Lipinski definition) is 2. The lowest BCUT2D eigenvalue weighted by Crippen LogP contribution is -2.27. The molecule has 0 saturated carbocycles. The predicted octanol–water partition coefficient (Wildman–Crippen LogP) is 4.02. The van der Waals surface area contributed by atoms with Crippen LogP contribution in [-0.4, -0.2) is 6.04 Å². The van der Waals surface area contributed by atoms with Crippen LogP contribution in [0.5, 0.6) is 0 Å². The maximum absolute atomic E-state index is 5.76. The summed E-state index contributed by atoms with van der Waals surface area (Å²) in [6, 6.07) is 8.85. The van der Waals surface area contributed by atoms with Gasteiger partial charge in [-0.3, -0.25) is 0 Å². The van der Waals surface area contributed by atoms with Gasteiger partial charge in [0.2, 0.25) is 0 Å². The average Bonchev–Trinajstić information content (AvgIpc) is 2.67. The van der Waals surface area contributed by atoms with Crippen molar-refractivity contribution in [2.75, 3.05) is 0 Å². The van der Waals surface area contributed by atoms with E-state index in [2.05, 4.69) is 31.3 Å². The summed E-state index contributed by atoms with van der Waals surface area (Å²) in [6.45, 7) is 7.39. The Bertz CT molecular complexity index is 483. The SMILES string of the molecule is CCC(CC)NCc1c(C)oc2ccccc12. The van der Waals surface area contributed by atoms with Gasteiger partial charge in [-0.1, -0.05) is 32.0 Å². The summed E-state index contributed by atoms with van der Waals surface area (Å²) < 4.78 is 5.76. The maximum atomic E-state index is 5.76. The average molecular weight is 231 g/mol. The third-order valence-corrected chi connectivity index (χ3v) is 3.45. The molecule has 0 aliphatic rings. The number of fused-ring (bicyclic) bond motifs is 1. The van der Waals surface area contributed by atoms with Crippen LogP contribution in [0.15, 0.2) is 28.7 Å². The molecule has 1 heterocycles. The van der Waals surface area contributed by atoms with Gasteiger partial charge in [0, 0.05) is 23.5 Å². The van der Waals surface area contributed by atoms with Gasteiger partial charge < -0.3 is 9.73 Å². The van der Waals surface area contributed by atoms with Crippen molar-refractivity contribution < 1.29 is 4.42 Å². The Morgan fingerprint density at radius 1 is 1.18 bits per heavy atom. The van der Waals surface area contributed by atoms with E-state index in [4.69, 9.17) is 4.42 Å². The van der Waals surface area contributed by atoms with E-state index in [0.29, 0.717) is 6.04 Å². The van der Waals surface area contributed by atoms with Crippen molar-refractivity contribution >= 4 is 11.0 Å². The van der Waals surface area contributed by atoms with Gasteiger partial charge in [0.05, 0.1) is 0 Å². The van der Waals surface area contributed by atoms with Crippen molar-refractivity contribution in [1.82, 2.24) is 5.32 Å². The number of para-hydroxylation sites is 1. The van der Waals surface area contributed by atoms with Crippen molar-refractivity contribution in [2.24, 2.45) is 0 Å². The minimum Gasteiger partial charge on any atom is -0.461 e. The van der Waals surface area contributed by atoms with E-state index < -0.39 is 0 Å². The molecule has 0 aliphatic carbocycles. The minimum absolute atomic E-state index is 0.600. The second-order valence-electron chi connectivity index (χ2n) is 4.53. The number of nitrogens with one attached hydrogen (secondary N) is 1. The summed E-state index contributed by atoms with van der Waals surface area (Å²) in [5.74, 6) is 1.03. The molecule has 2 heteroatoms. The van der Waals surface area contributed by atoms with Crippen LogP contribution >= 0.6 is 0 Å². The van der Waals surface area contributed by atoms with Crippen LogP contribution in [0, 0.1) is 6.92 Å². The van der Waals surface area contributed by atoms with Crippen LogP contribution in [-0.2, 0) is 6.54 Å². The van der Waals surface area contributed by atoms with E-state index in [0.717, 1.165) is 17.9 Å². The zero-order valence-corrected chi connectivity index (χ0v) is 10.9. The zero-order chi connectivity index (χ0) is 12.3. The largest absolute Gasteiger partial charge is 0.461 e. The molecule has 2 nitrogen and oxygen atoms in total. The van der Waals surface area contributed by atoms with Crippen LogP contribution in [0.2, 0.25) is 0 Å². The highest BCUT2D eigenvalue weighted by atomic mass is 16.3. The highest BCUT2D eigenvalue weighted by Gasteiger charge is 2.11. The smallest absolute Gasteiger partial charge is 0.134 e. The summed E-state index contributed by atoms with van der Waals surface area (Å²) in [6.07, 6.45) is 2.34. The lowest BCUT2D eigenvalue weighted by molar-refractivity contribution is 0.479. The fourth-order valence-corrected chi connectivity index (χ4v) is 2.26. The normalized spacial score (nSPS) is 11.5. The topological polar surface area (TPSA) is 25.2 Å². The van der Waals surface area contributed by atoms with Crippen LogP contribution < -0.4 is 5.32 Å². The van der Waals surface area contributed by atoms with E-state index in [-0.39, 0.29) is 0 Å². The van der Waals surface area contributed by atoms with Gasteiger partial charge >= 0.3 is 0 Å². The molecule has 1 aromatic heterocycles. The summed E-state index contributed by atoms with van der Waals surface area (Å²) in [5.41, 5.74) is 2.29. The first-order valence-corrected chi connectivity index (χ1v) is 6.46. The van der Waals surface area contributed by atoms with Crippen LogP contribution in [0.3, 0.4) is 0 Å². The third-order valence-electron chi connectivity index (χ3n) is 3.45. The van der Waals surface area contributed by atoms with Gasteiger partial charge in [0.25, 0.3) is 0 Å². The molecule has 0 unspecified atom stereocenters. The minimum atomic E-state index is 0.600. The molecule has 0 saturated heterocycles. The first-order valence-electron chi connectivity index (χ1n) is 6.46. The van der Waals surface area contributed by atoms with Crippen molar-refractivity contribution in [1.29, 1.82) is 0 Å². The van der Waals surface area contributed by atoms with E-state index in [9.17, 15) is 0 Å². The third kappa shape index (κ3) is 2.52. The number of benzene rings is 1. The molecule has 0 atom stereocenters. The first kappa shape index (κ1) is 12.2. The molecule has 0 aliphatic heterocycles. The molecule has 0 amide bonds. The number of furan rings is 1. The van der Waals surface area contributed by atoms with Gasteiger partial charge in [0.1, 0.15) is 11.3 Å². The Hall–Kier alpha value is -1.28. The lowest BCUT2D eigenvalue weighted by atomic mass is 10.1. The highest BCUT2D eigenvalue weighted by molar-refractivity contribution is 5.82. The number of hydrogen-bond donors (Lipinski definition) is 1. The molecule has 2 aromatic rings. The standard InChI is InChI=1S/C15H21NO/c1-4-12(5-2)16-10-14-11(3)17-15-9-7-6-8-13(14)15/h6-9,12,16H,4-5,10H2,1-3H3. The summed E-state index contributed by atoms with van der Waals surface area (Å²) >= 11 is 0. The Balaban J connectivity index is 2.20.